The van der Waals surface area contributed by atoms with Crippen molar-refractivity contribution in [2.45, 2.75) is 25.3 Å². The summed E-state index contributed by atoms with van der Waals surface area (Å²) in [5.41, 5.74) is 1.36. The molecule has 0 spiro atoms. The van der Waals surface area contributed by atoms with Crippen molar-refractivity contribution in [3.05, 3.63) is 11.8 Å². The zero-order valence-corrected chi connectivity index (χ0v) is 6.78. The number of hydrogen-bond donors (Lipinski definition) is 2. The molecule has 1 atom stereocenters. The first-order chi connectivity index (χ1) is 4.88. The molecule has 0 radical (unpaired) electrons. The molecule has 0 heterocycles. The second-order valence-electron chi connectivity index (χ2n) is 2.68. The summed E-state index contributed by atoms with van der Waals surface area (Å²) in [5.74, 6) is 0. The molecule has 1 aliphatic carbocycles. The molecular formula is C8H16N2. The third-order valence-corrected chi connectivity index (χ3v) is 2.07. The van der Waals surface area contributed by atoms with Crippen molar-refractivity contribution in [3.63, 3.8) is 0 Å². The van der Waals surface area contributed by atoms with Crippen molar-refractivity contribution in [3.8, 4) is 0 Å². The molecule has 2 nitrogen and oxygen atoms in total. The van der Waals surface area contributed by atoms with Gasteiger partial charge in [0.1, 0.15) is 0 Å². The lowest BCUT2D eigenvalue weighted by Gasteiger charge is -2.23. The lowest BCUT2D eigenvalue weighted by atomic mass is 9.99. The van der Waals surface area contributed by atoms with E-state index in [1.807, 2.05) is 14.1 Å². The van der Waals surface area contributed by atoms with Crippen LogP contribution in [0, 0.1) is 0 Å². The third-order valence-electron chi connectivity index (χ3n) is 2.07. The van der Waals surface area contributed by atoms with E-state index in [1.54, 1.807) is 0 Å². The molecule has 0 amide bonds. The minimum Gasteiger partial charge on any atom is -0.390 e. The van der Waals surface area contributed by atoms with Gasteiger partial charge in [-0.1, -0.05) is 6.08 Å². The SMILES string of the molecule is CNC1=CCCCC1NC. The van der Waals surface area contributed by atoms with E-state index < -0.39 is 0 Å². The quantitative estimate of drug-likeness (QED) is 0.594. The summed E-state index contributed by atoms with van der Waals surface area (Å²) in [6.07, 6.45) is 6.10. The van der Waals surface area contributed by atoms with Crippen molar-refractivity contribution in [1.82, 2.24) is 10.6 Å². The van der Waals surface area contributed by atoms with Crippen LogP contribution in [0.5, 0.6) is 0 Å². The fourth-order valence-corrected chi connectivity index (χ4v) is 1.45. The van der Waals surface area contributed by atoms with Crippen LogP contribution in [0.25, 0.3) is 0 Å². The molecule has 58 valence electrons. The van der Waals surface area contributed by atoms with Crippen molar-refractivity contribution in [2.75, 3.05) is 14.1 Å². The third kappa shape index (κ3) is 1.51. The van der Waals surface area contributed by atoms with Gasteiger partial charge in [-0.15, -0.1) is 0 Å². The van der Waals surface area contributed by atoms with E-state index in [0.717, 1.165) is 0 Å². The van der Waals surface area contributed by atoms with Crippen LogP contribution in [0.1, 0.15) is 19.3 Å². The lowest BCUT2D eigenvalue weighted by Crippen LogP contribution is -2.34. The Morgan fingerprint density at radius 1 is 1.50 bits per heavy atom. The maximum Gasteiger partial charge on any atom is 0.0463 e. The van der Waals surface area contributed by atoms with Gasteiger partial charge in [0.2, 0.25) is 0 Å². The molecule has 0 saturated carbocycles. The molecule has 1 aliphatic rings. The highest BCUT2D eigenvalue weighted by Crippen LogP contribution is 2.14. The number of likely N-dealkylation sites (N-methyl/N-ethyl adjacent to an activating group) is 2. The van der Waals surface area contributed by atoms with Gasteiger partial charge in [-0.2, -0.15) is 0 Å². The molecule has 0 saturated heterocycles. The maximum atomic E-state index is 3.27. The van der Waals surface area contributed by atoms with E-state index in [2.05, 4.69) is 16.7 Å². The minimum atomic E-state index is 0.568. The van der Waals surface area contributed by atoms with Gasteiger partial charge in [-0.25, -0.2) is 0 Å². The Labute approximate surface area is 62.7 Å². The van der Waals surface area contributed by atoms with Gasteiger partial charge in [0.15, 0.2) is 0 Å². The summed E-state index contributed by atoms with van der Waals surface area (Å²) in [6.45, 7) is 0. The second kappa shape index (κ2) is 3.62. The van der Waals surface area contributed by atoms with Crippen LogP contribution in [-0.2, 0) is 0 Å². The Hall–Kier alpha value is -0.500. The summed E-state index contributed by atoms with van der Waals surface area (Å²) in [6, 6.07) is 0.568. The molecule has 0 aliphatic heterocycles. The van der Waals surface area contributed by atoms with Crippen LogP contribution in [0.3, 0.4) is 0 Å². The van der Waals surface area contributed by atoms with Gasteiger partial charge in [0, 0.05) is 18.8 Å². The maximum absolute atomic E-state index is 3.27. The average molecular weight is 140 g/mol. The summed E-state index contributed by atoms with van der Waals surface area (Å²) < 4.78 is 0. The average Bonchev–Trinajstić information content (AvgIpc) is 2.04. The molecule has 0 bridgehead atoms. The van der Waals surface area contributed by atoms with Gasteiger partial charge < -0.3 is 10.6 Å². The number of rotatable bonds is 2. The fraction of sp³-hybridized carbons (Fsp3) is 0.750. The zero-order valence-electron chi connectivity index (χ0n) is 6.78. The molecule has 2 N–H and O–H groups in total. The van der Waals surface area contributed by atoms with E-state index in [9.17, 15) is 0 Å². The molecule has 2 heteroatoms. The Balaban J connectivity index is 2.53. The van der Waals surface area contributed by atoms with Gasteiger partial charge in [0.05, 0.1) is 0 Å². The zero-order chi connectivity index (χ0) is 7.40. The molecule has 0 aromatic rings. The van der Waals surface area contributed by atoms with E-state index in [0.29, 0.717) is 6.04 Å². The largest absolute Gasteiger partial charge is 0.390 e. The smallest absolute Gasteiger partial charge is 0.0463 e. The monoisotopic (exact) mass is 140 g/mol. The van der Waals surface area contributed by atoms with E-state index in [4.69, 9.17) is 0 Å². The highest BCUT2D eigenvalue weighted by Gasteiger charge is 2.13. The van der Waals surface area contributed by atoms with E-state index in [-0.39, 0.29) is 0 Å². The highest BCUT2D eigenvalue weighted by molar-refractivity contribution is 5.10. The van der Waals surface area contributed by atoms with Crippen LogP contribution in [0.4, 0.5) is 0 Å². The number of allylic oxidation sites excluding steroid dienone is 1. The normalized spacial score (nSPS) is 25.8. The highest BCUT2D eigenvalue weighted by atomic mass is 15.0. The Morgan fingerprint density at radius 3 is 2.80 bits per heavy atom. The summed E-state index contributed by atoms with van der Waals surface area (Å²) in [4.78, 5) is 0. The van der Waals surface area contributed by atoms with Crippen molar-refractivity contribution in [1.29, 1.82) is 0 Å². The molecule has 1 unspecified atom stereocenters. The van der Waals surface area contributed by atoms with Crippen molar-refractivity contribution in [2.24, 2.45) is 0 Å². The summed E-state index contributed by atoms with van der Waals surface area (Å²) in [5, 5.41) is 6.48. The van der Waals surface area contributed by atoms with Gasteiger partial charge >= 0.3 is 0 Å². The standard InChI is InChI=1S/C8H16N2/c1-9-7-5-3-4-6-8(7)10-2/h5,8-10H,3-4,6H2,1-2H3. The minimum absolute atomic E-state index is 0.568. The van der Waals surface area contributed by atoms with Gasteiger partial charge in [-0.05, 0) is 26.3 Å². The lowest BCUT2D eigenvalue weighted by molar-refractivity contribution is 0.516. The van der Waals surface area contributed by atoms with Crippen LogP contribution < -0.4 is 10.6 Å². The van der Waals surface area contributed by atoms with Crippen molar-refractivity contribution >= 4 is 0 Å². The van der Waals surface area contributed by atoms with Crippen LogP contribution >= 0.6 is 0 Å². The molecule has 0 aromatic heterocycles. The second-order valence-corrected chi connectivity index (χ2v) is 2.68. The van der Waals surface area contributed by atoms with Gasteiger partial charge in [0.25, 0.3) is 0 Å². The topological polar surface area (TPSA) is 24.1 Å². The molecule has 10 heavy (non-hydrogen) atoms. The Kier molecular flexibility index (Phi) is 2.75. The predicted octanol–water partition coefficient (Wildman–Crippen LogP) is 0.862. The summed E-state index contributed by atoms with van der Waals surface area (Å²) in [7, 11) is 4.00. The number of nitrogens with one attached hydrogen (secondary N) is 2. The molecule has 0 aromatic carbocycles. The Morgan fingerprint density at radius 2 is 2.30 bits per heavy atom. The van der Waals surface area contributed by atoms with E-state index >= 15 is 0 Å². The van der Waals surface area contributed by atoms with Crippen LogP contribution in [-0.4, -0.2) is 20.1 Å². The fourth-order valence-electron chi connectivity index (χ4n) is 1.45. The van der Waals surface area contributed by atoms with Gasteiger partial charge in [-0.3, -0.25) is 0 Å². The van der Waals surface area contributed by atoms with Crippen LogP contribution in [0.2, 0.25) is 0 Å². The number of hydrogen-bond acceptors (Lipinski definition) is 2. The first-order valence-electron chi connectivity index (χ1n) is 3.93. The first-order valence-corrected chi connectivity index (χ1v) is 3.93. The Bertz CT molecular complexity index is 129. The van der Waals surface area contributed by atoms with Crippen molar-refractivity contribution < 1.29 is 0 Å². The molecular weight excluding hydrogens is 124 g/mol. The first kappa shape index (κ1) is 7.61. The summed E-state index contributed by atoms with van der Waals surface area (Å²) >= 11 is 0. The molecule has 0 fully saturated rings. The molecule has 1 rings (SSSR count). The van der Waals surface area contributed by atoms with E-state index in [1.165, 1.54) is 25.0 Å². The van der Waals surface area contributed by atoms with Crippen LogP contribution in [0.15, 0.2) is 11.8 Å². The predicted molar refractivity (Wildman–Crippen MR) is 43.8 cm³/mol.